The molecule has 1 aliphatic rings. The number of hydrogen-bond donors (Lipinski definition) is 1. The molecule has 5 nitrogen and oxygen atoms in total. The van der Waals surface area contributed by atoms with Gasteiger partial charge in [-0.3, -0.25) is 4.79 Å². The van der Waals surface area contributed by atoms with E-state index in [1.807, 2.05) is 0 Å². The minimum Gasteiger partial charge on any atom is -0.420 e. The van der Waals surface area contributed by atoms with Crippen molar-refractivity contribution in [3.63, 3.8) is 0 Å². The molecule has 1 amide bonds. The SMILES string of the molecule is NC(=O)c1ccc(F)cc1-c1nnc(C2CC2)o1. The molecule has 0 bridgehead atoms. The van der Waals surface area contributed by atoms with Crippen LogP contribution < -0.4 is 5.73 Å². The summed E-state index contributed by atoms with van der Waals surface area (Å²) in [6, 6.07) is 3.65. The summed E-state index contributed by atoms with van der Waals surface area (Å²) in [6.45, 7) is 0. The van der Waals surface area contributed by atoms with E-state index < -0.39 is 11.7 Å². The second-order valence-corrected chi connectivity index (χ2v) is 4.27. The van der Waals surface area contributed by atoms with Gasteiger partial charge in [-0.2, -0.15) is 0 Å². The van der Waals surface area contributed by atoms with E-state index in [-0.39, 0.29) is 17.0 Å². The summed E-state index contributed by atoms with van der Waals surface area (Å²) in [6.07, 6.45) is 2.04. The highest BCUT2D eigenvalue weighted by molar-refractivity contribution is 5.98. The van der Waals surface area contributed by atoms with E-state index >= 15 is 0 Å². The molecular weight excluding hydrogens is 237 g/mol. The van der Waals surface area contributed by atoms with E-state index in [0.29, 0.717) is 11.8 Å². The number of rotatable bonds is 3. The highest BCUT2D eigenvalue weighted by atomic mass is 19.1. The van der Waals surface area contributed by atoms with Crippen LogP contribution >= 0.6 is 0 Å². The molecule has 92 valence electrons. The van der Waals surface area contributed by atoms with Crippen molar-refractivity contribution >= 4 is 5.91 Å². The standard InChI is InChI=1S/C12H10FN3O2/c13-7-3-4-8(10(14)17)9(5-7)12-16-15-11(18-12)6-1-2-6/h3-6H,1-2H2,(H2,14,17). The zero-order valence-electron chi connectivity index (χ0n) is 9.39. The van der Waals surface area contributed by atoms with E-state index in [2.05, 4.69) is 10.2 Å². The Labute approximate surface area is 102 Å². The number of amides is 1. The van der Waals surface area contributed by atoms with Gasteiger partial charge in [-0.1, -0.05) is 0 Å². The highest BCUT2D eigenvalue weighted by Crippen LogP contribution is 2.40. The fourth-order valence-corrected chi connectivity index (χ4v) is 1.75. The molecule has 2 aromatic rings. The number of benzene rings is 1. The van der Waals surface area contributed by atoms with E-state index in [1.165, 1.54) is 18.2 Å². The second-order valence-electron chi connectivity index (χ2n) is 4.27. The van der Waals surface area contributed by atoms with E-state index in [0.717, 1.165) is 12.8 Å². The molecule has 1 aromatic carbocycles. The smallest absolute Gasteiger partial charge is 0.249 e. The van der Waals surface area contributed by atoms with Gasteiger partial charge in [-0.05, 0) is 31.0 Å². The van der Waals surface area contributed by atoms with Gasteiger partial charge in [0.15, 0.2) is 0 Å². The number of hydrogen-bond acceptors (Lipinski definition) is 4. The molecule has 3 rings (SSSR count). The molecule has 18 heavy (non-hydrogen) atoms. The first kappa shape index (κ1) is 10.9. The van der Waals surface area contributed by atoms with Crippen LogP contribution in [0.1, 0.15) is 35.0 Å². The van der Waals surface area contributed by atoms with Crippen LogP contribution in [0.3, 0.4) is 0 Å². The summed E-state index contributed by atoms with van der Waals surface area (Å²) in [5.41, 5.74) is 5.64. The molecule has 0 atom stereocenters. The molecule has 1 fully saturated rings. The predicted molar refractivity (Wildman–Crippen MR) is 60.2 cm³/mol. The number of aromatic nitrogens is 2. The summed E-state index contributed by atoms with van der Waals surface area (Å²) in [7, 11) is 0. The summed E-state index contributed by atoms with van der Waals surface area (Å²) in [5, 5.41) is 7.73. The molecule has 0 unspecified atom stereocenters. The fourth-order valence-electron chi connectivity index (χ4n) is 1.75. The van der Waals surface area contributed by atoms with E-state index in [9.17, 15) is 9.18 Å². The van der Waals surface area contributed by atoms with Crippen LogP contribution in [0, 0.1) is 5.82 Å². The minimum absolute atomic E-state index is 0.130. The van der Waals surface area contributed by atoms with Crippen LogP contribution in [0.4, 0.5) is 4.39 Å². The Hall–Kier alpha value is -2.24. The van der Waals surface area contributed by atoms with Crippen molar-refractivity contribution in [2.75, 3.05) is 0 Å². The number of carbonyl (C=O) groups excluding carboxylic acids is 1. The number of nitrogens with two attached hydrogens (primary N) is 1. The van der Waals surface area contributed by atoms with Crippen LogP contribution in [0.25, 0.3) is 11.5 Å². The molecule has 1 saturated carbocycles. The minimum atomic E-state index is -0.656. The number of primary amides is 1. The first-order chi connectivity index (χ1) is 8.65. The van der Waals surface area contributed by atoms with Crippen molar-refractivity contribution in [1.29, 1.82) is 0 Å². The first-order valence-electron chi connectivity index (χ1n) is 5.58. The topological polar surface area (TPSA) is 82.0 Å². The van der Waals surface area contributed by atoms with Crippen LogP contribution in [-0.2, 0) is 0 Å². The van der Waals surface area contributed by atoms with Gasteiger partial charge in [-0.15, -0.1) is 10.2 Å². The van der Waals surface area contributed by atoms with Gasteiger partial charge in [0.05, 0.1) is 11.1 Å². The molecule has 0 radical (unpaired) electrons. The lowest BCUT2D eigenvalue weighted by atomic mass is 10.1. The summed E-state index contributed by atoms with van der Waals surface area (Å²) in [5.74, 6) is -0.177. The zero-order valence-corrected chi connectivity index (χ0v) is 9.39. The largest absolute Gasteiger partial charge is 0.420 e. The third-order valence-electron chi connectivity index (χ3n) is 2.84. The lowest BCUT2D eigenvalue weighted by Gasteiger charge is -2.02. The summed E-state index contributed by atoms with van der Waals surface area (Å²) < 4.78 is 18.7. The van der Waals surface area contributed by atoms with Gasteiger partial charge in [-0.25, -0.2) is 4.39 Å². The predicted octanol–water partition coefficient (Wildman–Crippen LogP) is 1.85. The average molecular weight is 247 g/mol. The Morgan fingerprint density at radius 1 is 1.39 bits per heavy atom. The van der Waals surface area contributed by atoms with Gasteiger partial charge in [0.25, 0.3) is 0 Å². The Morgan fingerprint density at radius 2 is 2.17 bits per heavy atom. The maximum Gasteiger partial charge on any atom is 0.249 e. The lowest BCUT2D eigenvalue weighted by molar-refractivity contribution is 0.100. The van der Waals surface area contributed by atoms with E-state index in [1.54, 1.807) is 0 Å². The van der Waals surface area contributed by atoms with Gasteiger partial charge < -0.3 is 10.2 Å². The summed E-state index contributed by atoms with van der Waals surface area (Å²) >= 11 is 0. The molecular formula is C12H10FN3O2. The van der Waals surface area contributed by atoms with Gasteiger partial charge >= 0.3 is 0 Å². The molecule has 0 spiro atoms. The Morgan fingerprint density at radius 3 is 2.83 bits per heavy atom. The van der Waals surface area contributed by atoms with Crippen LogP contribution in [-0.4, -0.2) is 16.1 Å². The Balaban J connectivity index is 2.07. The maximum absolute atomic E-state index is 13.2. The quantitative estimate of drug-likeness (QED) is 0.897. The first-order valence-corrected chi connectivity index (χ1v) is 5.58. The van der Waals surface area contributed by atoms with Crippen molar-refractivity contribution < 1.29 is 13.6 Å². The van der Waals surface area contributed by atoms with Crippen LogP contribution in [0.15, 0.2) is 22.6 Å². The van der Waals surface area contributed by atoms with Crippen LogP contribution in [0.2, 0.25) is 0 Å². The summed E-state index contributed by atoms with van der Waals surface area (Å²) in [4.78, 5) is 11.3. The molecule has 0 aliphatic heterocycles. The van der Waals surface area contributed by atoms with Gasteiger partial charge in [0.2, 0.25) is 17.7 Å². The normalized spacial score (nSPS) is 14.7. The Bertz CT molecular complexity index is 620. The highest BCUT2D eigenvalue weighted by Gasteiger charge is 2.30. The molecule has 2 N–H and O–H groups in total. The number of carbonyl (C=O) groups is 1. The molecule has 6 heteroatoms. The third-order valence-corrected chi connectivity index (χ3v) is 2.84. The Kier molecular flexibility index (Phi) is 2.36. The number of nitrogens with zero attached hydrogens (tertiary/aromatic N) is 2. The van der Waals surface area contributed by atoms with Crippen molar-refractivity contribution in [1.82, 2.24) is 10.2 Å². The van der Waals surface area contributed by atoms with Crippen molar-refractivity contribution in [2.45, 2.75) is 18.8 Å². The number of halogens is 1. The zero-order chi connectivity index (χ0) is 12.7. The fraction of sp³-hybridized carbons (Fsp3) is 0.250. The monoisotopic (exact) mass is 247 g/mol. The lowest BCUT2D eigenvalue weighted by Crippen LogP contribution is -2.12. The molecule has 1 heterocycles. The van der Waals surface area contributed by atoms with Gasteiger partial charge in [0, 0.05) is 5.92 Å². The van der Waals surface area contributed by atoms with Gasteiger partial charge in [0.1, 0.15) is 5.82 Å². The van der Waals surface area contributed by atoms with Crippen molar-refractivity contribution in [3.8, 4) is 11.5 Å². The maximum atomic E-state index is 13.2. The van der Waals surface area contributed by atoms with Crippen LogP contribution in [0.5, 0.6) is 0 Å². The molecule has 1 aliphatic carbocycles. The van der Waals surface area contributed by atoms with Crippen molar-refractivity contribution in [2.24, 2.45) is 5.73 Å². The van der Waals surface area contributed by atoms with Crippen molar-refractivity contribution in [3.05, 3.63) is 35.5 Å². The average Bonchev–Trinajstić information content (AvgIpc) is 3.07. The molecule has 0 saturated heterocycles. The van der Waals surface area contributed by atoms with E-state index in [4.69, 9.17) is 10.2 Å². The third kappa shape index (κ3) is 1.85. The second kappa shape index (κ2) is 3.90. The molecule has 1 aromatic heterocycles.